The van der Waals surface area contributed by atoms with Crippen molar-refractivity contribution in [3.8, 4) is 0 Å². The zero-order valence-corrected chi connectivity index (χ0v) is 14.1. The molecule has 2 nitrogen and oxygen atoms in total. The van der Waals surface area contributed by atoms with Gasteiger partial charge in [-0.1, -0.05) is 81.1 Å². The molecule has 2 aromatic rings. The number of anilines is 1. The number of hydrogen-bond donors (Lipinski definition) is 1. The number of nitrogens with one attached hydrogen (secondary N) is 1. The summed E-state index contributed by atoms with van der Waals surface area (Å²) in [5.74, 6) is 0. The number of benzene rings is 2. The van der Waals surface area contributed by atoms with Crippen molar-refractivity contribution in [3.63, 3.8) is 0 Å². The summed E-state index contributed by atoms with van der Waals surface area (Å²) < 4.78 is 0. The fraction of sp³-hybridized carbons (Fsp3) is 0.150. The second-order valence-corrected chi connectivity index (χ2v) is 6.62. The van der Waals surface area contributed by atoms with Gasteiger partial charge in [-0.3, -0.25) is 0 Å². The minimum absolute atomic E-state index is 0.159. The molecule has 23 heavy (non-hydrogen) atoms. The van der Waals surface area contributed by atoms with E-state index in [0.29, 0.717) is 10.7 Å². The van der Waals surface area contributed by atoms with Crippen LogP contribution in [0.2, 0.25) is 0 Å². The van der Waals surface area contributed by atoms with Crippen molar-refractivity contribution in [1.82, 2.24) is 0 Å². The third-order valence-electron chi connectivity index (χ3n) is 4.19. The van der Waals surface area contributed by atoms with Crippen molar-refractivity contribution in [1.29, 1.82) is 0 Å². The zero-order valence-electron chi connectivity index (χ0n) is 13.4. The highest BCUT2D eigenvalue weighted by molar-refractivity contribution is 6.31. The molecule has 0 atom stereocenters. The molecule has 3 rings (SSSR count). The Hall–Kier alpha value is -2.32. The Morgan fingerprint density at radius 1 is 1.04 bits per heavy atom. The monoisotopic (exact) mass is 322 g/mol. The topological polar surface area (TPSA) is 24.4 Å². The molecule has 0 fully saturated rings. The number of halogens is 1. The molecule has 1 heterocycles. The van der Waals surface area contributed by atoms with Crippen LogP contribution >= 0.6 is 11.6 Å². The SMILES string of the molecule is C=C(Cl)C(=C)Nc1cccc2c1N=C(c1ccccc1)C2(C)C. The molecule has 0 saturated carbocycles. The normalized spacial score (nSPS) is 14.8. The number of para-hydroxylation sites is 1. The first-order chi connectivity index (χ1) is 10.9. The second kappa shape index (κ2) is 5.71. The van der Waals surface area contributed by atoms with Crippen LogP contribution < -0.4 is 5.32 Å². The van der Waals surface area contributed by atoms with Crippen LogP contribution in [0.25, 0.3) is 0 Å². The van der Waals surface area contributed by atoms with E-state index in [9.17, 15) is 0 Å². The number of rotatable bonds is 4. The lowest BCUT2D eigenvalue weighted by atomic mass is 9.79. The standard InChI is InChI=1S/C20H19ClN2/c1-13(21)14(2)22-17-12-8-11-16-18(17)23-19(20(16,3)4)15-9-6-5-7-10-15/h5-12,22H,1-2H2,3-4H3. The fourth-order valence-corrected chi connectivity index (χ4v) is 2.95. The highest BCUT2D eigenvalue weighted by Gasteiger charge is 2.36. The van der Waals surface area contributed by atoms with Crippen LogP contribution in [0.15, 0.2) is 77.4 Å². The van der Waals surface area contributed by atoms with Gasteiger partial charge >= 0.3 is 0 Å². The molecule has 0 radical (unpaired) electrons. The lowest BCUT2D eigenvalue weighted by molar-refractivity contribution is 0.737. The first-order valence-corrected chi connectivity index (χ1v) is 7.88. The highest BCUT2D eigenvalue weighted by atomic mass is 35.5. The first-order valence-electron chi connectivity index (χ1n) is 7.50. The number of hydrogen-bond acceptors (Lipinski definition) is 2. The molecule has 0 amide bonds. The summed E-state index contributed by atoms with van der Waals surface area (Å²) in [6, 6.07) is 16.4. The maximum Gasteiger partial charge on any atom is 0.0909 e. The van der Waals surface area contributed by atoms with Crippen LogP contribution in [0.5, 0.6) is 0 Å². The fourth-order valence-electron chi connectivity index (χ4n) is 2.90. The molecule has 0 unspecified atom stereocenters. The van der Waals surface area contributed by atoms with Crippen LogP contribution in [0.3, 0.4) is 0 Å². The predicted octanol–water partition coefficient (Wildman–Crippen LogP) is 5.78. The van der Waals surface area contributed by atoms with Gasteiger partial charge in [0, 0.05) is 11.1 Å². The summed E-state index contributed by atoms with van der Waals surface area (Å²) in [4.78, 5) is 4.93. The summed E-state index contributed by atoms with van der Waals surface area (Å²) in [6.07, 6.45) is 0. The Morgan fingerprint density at radius 2 is 1.74 bits per heavy atom. The van der Waals surface area contributed by atoms with Gasteiger partial charge in [-0.2, -0.15) is 0 Å². The minimum Gasteiger partial charge on any atom is -0.353 e. The maximum atomic E-state index is 5.92. The van der Waals surface area contributed by atoms with Gasteiger partial charge < -0.3 is 5.32 Å². The molecule has 0 spiro atoms. The van der Waals surface area contributed by atoms with E-state index in [1.165, 1.54) is 5.56 Å². The van der Waals surface area contributed by atoms with Gasteiger partial charge in [-0.15, -0.1) is 0 Å². The Morgan fingerprint density at radius 3 is 2.39 bits per heavy atom. The molecule has 1 aliphatic heterocycles. The molecular weight excluding hydrogens is 304 g/mol. The molecule has 0 bridgehead atoms. The van der Waals surface area contributed by atoms with E-state index in [-0.39, 0.29) is 5.41 Å². The number of aliphatic imine (C=N–C) groups is 1. The highest BCUT2D eigenvalue weighted by Crippen LogP contribution is 2.46. The zero-order chi connectivity index (χ0) is 16.6. The number of nitrogens with zero attached hydrogens (tertiary/aromatic N) is 1. The predicted molar refractivity (Wildman–Crippen MR) is 99.9 cm³/mol. The number of allylic oxidation sites excluding steroid dienone is 1. The maximum absolute atomic E-state index is 5.92. The minimum atomic E-state index is -0.159. The summed E-state index contributed by atoms with van der Waals surface area (Å²) in [5.41, 5.74) is 5.66. The van der Waals surface area contributed by atoms with Crippen LogP contribution in [-0.2, 0) is 5.41 Å². The summed E-state index contributed by atoms with van der Waals surface area (Å²) >= 11 is 5.92. The van der Waals surface area contributed by atoms with Gasteiger partial charge in [0.25, 0.3) is 0 Å². The van der Waals surface area contributed by atoms with E-state index < -0.39 is 0 Å². The first kappa shape index (κ1) is 15.6. The van der Waals surface area contributed by atoms with E-state index in [4.69, 9.17) is 16.6 Å². The van der Waals surface area contributed by atoms with Crippen molar-refractivity contribution in [2.45, 2.75) is 19.3 Å². The third kappa shape index (κ3) is 2.71. The smallest absolute Gasteiger partial charge is 0.0909 e. The van der Waals surface area contributed by atoms with Crippen molar-refractivity contribution in [2.75, 3.05) is 5.32 Å². The van der Waals surface area contributed by atoms with Crippen molar-refractivity contribution < 1.29 is 0 Å². The van der Waals surface area contributed by atoms with Gasteiger partial charge in [0.05, 0.1) is 22.1 Å². The summed E-state index contributed by atoms with van der Waals surface area (Å²) in [5, 5.41) is 3.61. The second-order valence-electron chi connectivity index (χ2n) is 6.16. The lowest BCUT2D eigenvalue weighted by Crippen LogP contribution is -2.26. The van der Waals surface area contributed by atoms with E-state index in [1.54, 1.807) is 0 Å². The van der Waals surface area contributed by atoms with Gasteiger partial charge in [0.15, 0.2) is 0 Å². The quantitative estimate of drug-likeness (QED) is 0.709. The molecule has 1 aliphatic rings. The van der Waals surface area contributed by atoms with Crippen molar-refractivity contribution in [3.05, 3.63) is 83.5 Å². The largest absolute Gasteiger partial charge is 0.353 e. The molecular formula is C20H19ClN2. The van der Waals surface area contributed by atoms with E-state index in [2.05, 4.69) is 50.5 Å². The molecule has 116 valence electrons. The Balaban J connectivity index is 2.10. The summed E-state index contributed by atoms with van der Waals surface area (Å²) in [7, 11) is 0. The average Bonchev–Trinajstić information content (AvgIpc) is 2.80. The van der Waals surface area contributed by atoms with Crippen LogP contribution in [-0.4, -0.2) is 5.71 Å². The van der Waals surface area contributed by atoms with E-state index in [1.807, 2.05) is 30.3 Å². The van der Waals surface area contributed by atoms with Gasteiger partial charge in [0.2, 0.25) is 0 Å². The van der Waals surface area contributed by atoms with Gasteiger partial charge in [0.1, 0.15) is 0 Å². The molecule has 0 saturated heterocycles. The molecule has 3 heteroatoms. The lowest BCUT2D eigenvalue weighted by Gasteiger charge is -2.23. The van der Waals surface area contributed by atoms with Crippen molar-refractivity contribution >= 4 is 28.7 Å². The van der Waals surface area contributed by atoms with Crippen LogP contribution in [0, 0.1) is 0 Å². The molecule has 2 aromatic carbocycles. The number of fused-ring (bicyclic) bond motifs is 1. The molecule has 0 aliphatic carbocycles. The van der Waals surface area contributed by atoms with Crippen LogP contribution in [0.4, 0.5) is 11.4 Å². The van der Waals surface area contributed by atoms with E-state index in [0.717, 1.165) is 22.6 Å². The molecule has 1 N–H and O–H groups in total. The Labute approximate surface area is 142 Å². The molecule has 0 aromatic heterocycles. The van der Waals surface area contributed by atoms with Gasteiger partial charge in [-0.25, -0.2) is 4.99 Å². The Kier molecular flexibility index (Phi) is 3.87. The Bertz CT molecular complexity index is 817. The third-order valence-corrected chi connectivity index (χ3v) is 4.41. The van der Waals surface area contributed by atoms with Gasteiger partial charge in [-0.05, 0) is 17.2 Å². The van der Waals surface area contributed by atoms with Crippen LogP contribution in [0.1, 0.15) is 25.0 Å². The summed E-state index contributed by atoms with van der Waals surface area (Å²) in [6.45, 7) is 12.0. The van der Waals surface area contributed by atoms with Crippen molar-refractivity contribution in [2.24, 2.45) is 4.99 Å². The van der Waals surface area contributed by atoms with E-state index >= 15 is 0 Å². The average molecular weight is 323 g/mol.